The number of piperazine rings is 1. The number of hydrogen-bond acceptors (Lipinski definition) is 6. The molecule has 0 radical (unpaired) electrons. The van der Waals surface area contributed by atoms with Gasteiger partial charge >= 0.3 is 0 Å². The fourth-order valence-corrected chi connectivity index (χ4v) is 4.69. The van der Waals surface area contributed by atoms with E-state index in [-0.39, 0.29) is 0 Å². The summed E-state index contributed by atoms with van der Waals surface area (Å²) >= 11 is 1.72. The third kappa shape index (κ3) is 3.18. The fourth-order valence-electron chi connectivity index (χ4n) is 3.74. The summed E-state index contributed by atoms with van der Waals surface area (Å²) in [5.41, 5.74) is 2.45. The Balaban J connectivity index is 1.59. The first-order chi connectivity index (χ1) is 13.3. The van der Waals surface area contributed by atoms with E-state index in [0.29, 0.717) is 12.5 Å². The van der Waals surface area contributed by atoms with Gasteiger partial charge in [-0.15, -0.1) is 11.3 Å². The van der Waals surface area contributed by atoms with Gasteiger partial charge in [-0.05, 0) is 18.4 Å². The van der Waals surface area contributed by atoms with Crippen molar-refractivity contribution in [2.75, 3.05) is 37.6 Å². The number of nitriles is 1. The largest absolute Gasteiger partial charge is 0.353 e. The Bertz CT molecular complexity index is 995. The Morgan fingerprint density at radius 1 is 1.07 bits per heavy atom. The summed E-state index contributed by atoms with van der Waals surface area (Å²) in [6.45, 7) is 4.13. The van der Waals surface area contributed by atoms with Gasteiger partial charge in [-0.2, -0.15) is 5.26 Å². The molecule has 2 aliphatic rings. The fraction of sp³-hybridized carbons (Fsp3) is 0.381. The lowest BCUT2D eigenvalue weighted by Gasteiger charge is -2.34. The minimum absolute atomic E-state index is 0.508. The summed E-state index contributed by atoms with van der Waals surface area (Å²) in [4.78, 5) is 15.7. The van der Waals surface area contributed by atoms with Gasteiger partial charge in [-0.1, -0.05) is 30.3 Å². The summed E-state index contributed by atoms with van der Waals surface area (Å²) in [7, 11) is 0. The number of rotatable bonds is 4. The molecular formula is C21H21N5S. The minimum atomic E-state index is 0.508. The first-order valence-electron chi connectivity index (χ1n) is 9.52. The van der Waals surface area contributed by atoms with Gasteiger partial charge in [0, 0.05) is 43.0 Å². The number of benzene rings is 1. The van der Waals surface area contributed by atoms with Crippen LogP contribution in [0.1, 0.15) is 24.6 Å². The van der Waals surface area contributed by atoms with E-state index in [9.17, 15) is 0 Å². The zero-order valence-corrected chi connectivity index (χ0v) is 16.0. The van der Waals surface area contributed by atoms with Crippen molar-refractivity contribution in [3.63, 3.8) is 0 Å². The van der Waals surface area contributed by atoms with Gasteiger partial charge in [0.2, 0.25) is 0 Å². The molecule has 6 heteroatoms. The zero-order chi connectivity index (χ0) is 18.2. The average Bonchev–Trinajstić information content (AvgIpc) is 3.48. The molecule has 136 valence electrons. The highest BCUT2D eigenvalue weighted by Crippen LogP contribution is 2.43. The molecule has 0 amide bonds. The molecule has 0 unspecified atom stereocenters. The minimum Gasteiger partial charge on any atom is -0.353 e. The second-order valence-electron chi connectivity index (χ2n) is 7.30. The smallest absolute Gasteiger partial charge is 0.141 e. The van der Waals surface area contributed by atoms with E-state index < -0.39 is 0 Å². The Morgan fingerprint density at radius 3 is 2.56 bits per heavy atom. The summed E-state index contributed by atoms with van der Waals surface area (Å²) in [6, 6.07) is 12.8. The molecule has 2 aromatic heterocycles. The van der Waals surface area contributed by atoms with Crippen molar-refractivity contribution in [1.29, 1.82) is 5.26 Å². The molecule has 2 fully saturated rings. The van der Waals surface area contributed by atoms with E-state index in [2.05, 4.69) is 51.6 Å². The van der Waals surface area contributed by atoms with E-state index in [1.165, 1.54) is 29.4 Å². The lowest BCUT2D eigenvalue weighted by Crippen LogP contribution is -2.46. The summed E-state index contributed by atoms with van der Waals surface area (Å²) < 4.78 is 0. The van der Waals surface area contributed by atoms with Gasteiger partial charge < -0.3 is 4.90 Å². The highest BCUT2D eigenvalue weighted by molar-refractivity contribution is 7.17. The second-order valence-corrected chi connectivity index (χ2v) is 8.15. The molecule has 1 aliphatic carbocycles. The molecule has 0 bridgehead atoms. The van der Waals surface area contributed by atoms with Gasteiger partial charge in [0.05, 0.1) is 18.0 Å². The van der Waals surface area contributed by atoms with Gasteiger partial charge in [0.1, 0.15) is 16.5 Å². The predicted molar refractivity (Wildman–Crippen MR) is 109 cm³/mol. The van der Waals surface area contributed by atoms with Crippen LogP contribution in [0, 0.1) is 11.3 Å². The molecular weight excluding hydrogens is 354 g/mol. The molecule has 5 rings (SSSR count). The summed E-state index contributed by atoms with van der Waals surface area (Å²) in [6.07, 6.45) is 2.41. The van der Waals surface area contributed by atoms with Crippen molar-refractivity contribution in [3.05, 3.63) is 41.5 Å². The number of thiophene rings is 1. The predicted octanol–water partition coefficient (Wildman–Crippen LogP) is 3.88. The van der Waals surface area contributed by atoms with Crippen LogP contribution in [-0.2, 0) is 0 Å². The quantitative estimate of drug-likeness (QED) is 0.648. The van der Waals surface area contributed by atoms with E-state index in [1.807, 2.05) is 0 Å². The Morgan fingerprint density at radius 2 is 1.85 bits per heavy atom. The van der Waals surface area contributed by atoms with Crippen molar-refractivity contribution in [2.45, 2.75) is 18.8 Å². The highest BCUT2D eigenvalue weighted by atomic mass is 32.1. The molecule has 1 aromatic carbocycles. The molecule has 0 spiro atoms. The number of anilines is 1. The molecule has 1 aliphatic heterocycles. The highest BCUT2D eigenvalue weighted by Gasteiger charge is 2.30. The van der Waals surface area contributed by atoms with Crippen LogP contribution < -0.4 is 4.90 Å². The molecule has 0 N–H and O–H groups in total. The standard InChI is InChI=1S/C21H21N5S/c22-8-9-25-10-12-26(13-11-25)20-18-17(15-4-2-1-3-5-15)14-27-21(18)24-19(23-20)16-6-7-16/h1-5,14,16H,6-7,9-13H2. The Labute approximate surface area is 162 Å². The molecule has 1 saturated heterocycles. The molecule has 5 nitrogen and oxygen atoms in total. The monoisotopic (exact) mass is 375 g/mol. The van der Waals surface area contributed by atoms with Crippen molar-refractivity contribution >= 4 is 27.4 Å². The molecule has 3 aromatic rings. The third-order valence-electron chi connectivity index (χ3n) is 5.43. The van der Waals surface area contributed by atoms with Crippen LogP contribution in [0.3, 0.4) is 0 Å². The van der Waals surface area contributed by atoms with Gasteiger partial charge in [0.15, 0.2) is 0 Å². The van der Waals surface area contributed by atoms with Crippen LogP contribution in [0.5, 0.6) is 0 Å². The number of nitrogens with zero attached hydrogens (tertiary/aromatic N) is 5. The molecule has 1 saturated carbocycles. The SMILES string of the molecule is N#CCN1CCN(c2nc(C3CC3)nc3scc(-c4ccccc4)c23)CC1. The number of aromatic nitrogens is 2. The molecule has 0 atom stereocenters. The van der Waals surface area contributed by atoms with E-state index in [0.717, 1.165) is 42.7 Å². The van der Waals surface area contributed by atoms with Gasteiger partial charge in [-0.3, -0.25) is 4.90 Å². The summed E-state index contributed by atoms with van der Waals surface area (Å²) in [5, 5.41) is 12.4. The first kappa shape index (κ1) is 16.7. The topological polar surface area (TPSA) is 56.1 Å². The van der Waals surface area contributed by atoms with E-state index in [4.69, 9.17) is 15.2 Å². The lowest BCUT2D eigenvalue weighted by molar-refractivity contribution is 0.286. The average molecular weight is 376 g/mol. The van der Waals surface area contributed by atoms with Crippen molar-refractivity contribution in [2.24, 2.45) is 0 Å². The van der Waals surface area contributed by atoms with Crippen LogP contribution in [0.25, 0.3) is 21.3 Å². The maximum Gasteiger partial charge on any atom is 0.141 e. The van der Waals surface area contributed by atoms with Gasteiger partial charge in [0.25, 0.3) is 0 Å². The van der Waals surface area contributed by atoms with E-state index >= 15 is 0 Å². The second kappa shape index (κ2) is 6.91. The Kier molecular flexibility index (Phi) is 4.27. The van der Waals surface area contributed by atoms with Crippen molar-refractivity contribution < 1.29 is 0 Å². The van der Waals surface area contributed by atoms with Crippen molar-refractivity contribution in [1.82, 2.24) is 14.9 Å². The van der Waals surface area contributed by atoms with Crippen LogP contribution >= 0.6 is 11.3 Å². The molecule has 3 heterocycles. The maximum atomic E-state index is 8.96. The number of fused-ring (bicyclic) bond motifs is 1. The zero-order valence-electron chi connectivity index (χ0n) is 15.1. The maximum absolute atomic E-state index is 8.96. The van der Waals surface area contributed by atoms with Crippen molar-refractivity contribution in [3.8, 4) is 17.2 Å². The lowest BCUT2D eigenvalue weighted by atomic mass is 10.1. The van der Waals surface area contributed by atoms with E-state index in [1.54, 1.807) is 11.3 Å². The van der Waals surface area contributed by atoms with Crippen LogP contribution in [0.2, 0.25) is 0 Å². The summed E-state index contributed by atoms with van der Waals surface area (Å²) in [5.74, 6) is 2.63. The first-order valence-corrected chi connectivity index (χ1v) is 10.4. The normalized spacial score (nSPS) is 18.0. The van der Waals surface area contributed by atoms with Gasteiger partial charge in [-0.25, -0.2) is 9.97 Å². The van der Waals surface area contributed by atoms with Crippen LogP contribution in [0.4, 0.5) is 5.82 Å². The third-order valence-corrected chi connectivity index (χ3v) is 6.30. The van der Waals surface area contributed by atoms with Crippen LogP contribution in [0.15, 0.2) is 35.7 Å². The van der Waals surface area contributed by atoms with Crippen LogP contribution in [-0.4, -0.2) is 47.6 Å². The number of hydrogen-bond donors (Lipinski definition) is 0. The Hall–Kier alpha value is -2.49. The molecule has 27 heavy (non-hydrogen) atoms.